The van der Waals surface area contributed by atoms with Gasteiger partial charge >= 0.3 is 0 Å². The zero-order chi connectivity index (χ0) is 14.3. The van der Waals surface area contributed by atoms with E-state index in [0.29, 0.717) is 11.6 Å². The molecule has 1 aromatic carbocycles. The Hall–Kier alpha value is -1.33. The first-order valence-electron chi connectivity index (χ1n) is 6.77. The first kappa shape index (κ1) is 13.6. The number of fused-ring (bicyclic) bond motifs is 1. The van der Waals surface area contributed by atoms with Crippen molar-refractivity contribution in [3.8, 4) is 0 Å². The molecule has 0 atom stereocenters. The number of nitrogen functional groups attached to an aromatic ring is 1. The number of hydrogen-bond donors (Lipinski definition) is 2. The Bertz CT molecular complexity index is 635. The Morgan fingerprint density at radius 3 is 2.90 bits per heavy atom. The third-order valence-corrected chi connectivity index (χ3v) is 4.45. The van der Waals surface area contributed by atoms with E-state index < -0.39 is 0 Å². The zero-order valence-electron chi connectivity index (χ0n) is 11.4. The highest BCUT2D eigenvalue weighted by Gasteiger charge is 2.28. The monoisotopic (exact) mass is 335 g/mol. The summed E-state index contributed by atoms with van der Waals surface area (Å²) in [5.74, 6) is 0.546. The molecule has 0 bridgehead atoms. The van der Waals surface area contributed by atoms with Gasteiger partial charge in [0.05, 0.1) is 29.2 Å². The summed E-state index contributed by atoms with van der Waals surface area (Å²) in [7, 11) is 2.05. The van der Waals surface area contributed by atoms with Crippen LogP contribution in [-0.4, -0.2) is 29.8 Å². The molecule has 4 nitrogen and oxygen atoms in total. The molecule has 0 aliphatic heterocycles. The van der Waals surface area contributed by atoms with Gasteiger partial charge in [0.15, 0.2) is 0 Å². The molecular formula is C15H18BrN3O. The van der Waals surface area contributed by atoms with Gasteiger partial charge in [-0.3, -0.25) is 4.98 Å². The van der Waals surface area contributed by atoms with Gasteiger partial charge in [0.2, 0.25) is 0 Å². The minimum Gasteiger partial charge on any atom is -0.396 e. The molecule has 1 aromatic heterocycles. The molecule has 0 radical (unpaired) electrons. The Labute approximate surface area is 126 Å². The summed E-state index contributed by atoms with van der Waals surface area (Å²) >= 11 is 3.50. The SMILES string of the molecule is CN(CC1CC(O)C1)c1c(N)cnc2ccc(Br)cc12. The molecule has 0 unspecified atom stereocenters. The van der Waals surface area contributed by atoms with Gasteiger partial charge in [0.25, 0.3) is 0 Å². The second-order valence-corrected chi connectivity index (χ2v) is 6.51. The highest BCUT2D eigenvalue weighted by molar-refractivity contribution is 9.10. The first-order valence-corrected chi connectivity index (χ1v) is 7.57. The van der Waals surface area contributed by atoms with Gasteiger partial charge in [-0.1, -0.05) is 15.9 Å². The average Bonchev–Trinajstić information content (AvgIpc) is 2.36. The summed E-state index contributed by atoms with van der Waals surface area (Å²) in [6.45, 7) is 0.910. The summed E-state index contributed by atoms with van der Waals surface area (Å²) < 4.78 is 1.02. The third-order valence-electron chi connectivity index (χ3n) is 3.95. The van der Waals surface area contributed by atoms with Crippen LogP contribution in [0.4, 0.5) is 11.4 Å². The van der Waals surface area contributed by atoms with Crippen LogP contribution >= 0.6 is 15.9 Å². The zero-order valence-corrected chi connectivity index (χ0v) is 13.0. The summed E-state index contributed by atoms with van der Waals surface area (Å²) in [4.78, 5) is 6.56. The van der Waals surface area contributed by atoms with E-state index in [-0.39, 0.29) is 6.10 Å². The molecule has 3 rings (SSSR count). The standard InChI is InChI=1S/C15H18BrN3O/c1-19(8-9-4-11(20)5-9)15-12-6-10(16)2-3-14(12)18-7-13(15)17/h2-3,6-7,9,11,20H,4-5,8,17H2,1H3. The quantitative estimate of drug-likeness (QED) is 0.905. The van der Waals surface area contributed by atoms with E-state index in [9.17, 15) is 5.11 Å². The van der Waals surface area contributed by atoms with E-state index in [1.807, 2.05) is 12.1 Å². The van der Waals surface area contributed by atoms with Crippen LogP contribution in [0, 0.1) is 5.92 Å². The van der Waals surface area contributed by atoms with Crippen LogP contribution in [0.2, 0.25) is 0 Å². The second kappa shape index (κ2) is 5.22. The number of pyridine rings is 1. The molecule has 1 heterocycles. The van der Waals surface area contributed by atoms with Crippen molar-refractivity contribution in [3.63, 3.8) is 0 Å². The highest BCUT2D eigenvalue weighted by Crippen LogP contribution is 2.35. The molecule has 1 saturated carbocycles. The van der Waals surface area contributed by atoms with Crippen LogP contribution in [0.15, 0.2) is 28.9 Å². The number of anilines is 2. The number of rotatable bonds is 3. The van der Waals surface area contributed by atoms with E-state index in [1.54, 1.807) is 6.20 Å². The van der Waals surface area contributed by atoms with E-state index in [2.05, 4.69) is 38.9 Å². The number of hydrogen-bond acceptors (Lipinski definition) is 4. The van der Waals surface area contributed by atoms with Gasteiger partial charge in [-0.05, 0) is 37.0 Å². The Kier molecular flexibility index (Phi) is 3.56. The van der Waals surface area contributed by atoms with Crippen molar-refractivity contribution in [1.82, 2.24) is 4.98 Å². The molecule has 1 aliphatic rings. The van der Waals surface area contributed by atoms with Crippen molar-refractivity contribution in [2.45, 2.75) is 18.9 Å². The molecule has 1 aliphatic carbocycles. The van der Waals surface area contributed by atoms with Crippen LogP contribution in [0.3, 0.4) is 0 Å². The van der Waals surface area contributed by atoms with E-state index in [4.69, 9.17) is 5.73 Å². The lowest BCUT2D eigenvalue weighted by Gasteiger charge is -2.35. The van der Waals surface area contributed by atoms with Gasteiger partial charge in [0, 0.05) is 23.5 Å². The lowest BCUT2D eigenvalue weighted by Crippen LogP contribution is -2.37. The largest absolute Gasteiger partial charge is 0.396 e. The van der Waals surface area contributed by atoms with Crippen molar-refractivity contribution in [2.75, 3.05) is 24.2 Å². The maximum Gasteiger partial charge on any atom is 0.0745 e. The van der Waals surface area contributed by atoms with Crippen molar-refractivity contribution in [2.24, 2.45) is 5.92 Å². The maximum atomic E-state index is 9.41. The van der Waals surface area contributed by atoms with E-state index >= 15 is 0 Å². The van der Waals surface area contributed by atoms with Crippen LogP contribution in [0.5, 0.6) is 0 Å². The Morgan fingerprint density at radius 1 is 1.45 bits per heavy atom. The van der Waals surface area contributed by atoms with Crippen molar-refractivity contribution in [1.29, 1.82) is 0 Å². The Balaban J connectivity index is 1.96. The van der Waals surface area contributed by atoms with E-state index in [1.165, 1.54) is 0 Å². The van der Waals surface area contributed by atoms with Gasteiger partial charge in [-0.2, -0.15) is 0 Å². The molecular weight excluding hydrogens is 318 g/mol. The lowest BCUT2D eigenvalue weighted by atomic mass is 9.82. The summed E-state index contributed by atoms with van der Waals surface area (Å²) in [5.41, 5.74) is 8.79. The van der Waals surface area contributed by atoms with Gasteiger partial charge in [-0.25, -0.2) is 0 Å². The molecule has 1 fully saturated rings. The maximum absolute atomic E-state index is 9.41. The average molecular weight is 336 g/mol. The molecule has 0 amide bonds. The van der Waals surface area contributed by atoms with Gasteiger partial charge < -0.3 is 15.7 Å². The van der Waals surface area contributed by atoms with Crippen molar-refractivity contribution >= 4 is 38.2 Å². The number of halogens is 1. The van der Waals surface area contributed by atoms with Crippen LogP contribution in [0.25, 0.3) is 10.9 Å². The number of nitrogens with two attached hydrogens (primary N) is 1. The predicted octanol–water partition coefficient (Wildman–Crippen LogP) is 2.79. The normalized spacial score (nSPS) is 21.8. The predicted molar refractivity (Wildman–Crippen MR) is 85.9 cm³/mol. The minimum atomic E-state index is -0.117. The number of nitrogens with zero attached hydrogens (tertiary/aromatic N) is 2. The van der Waals surface area contributed by atoms with Crippen LogP contribution < -0.4 is 10.6 Å². The molecule has 106 valence electrons. The van der Waals surface area contributed by atoms with Gasteiger partial charge in [0.1, 0.15) is 0 Å². The molecule has 20 heavy (non-hydrogen) atoms. The Morgan fingerprint density at radius 2 is 2.20 bits per heavy atom. The molecule has 0 saturated heterocycles. The minimum absolute atomic E-state index is 0.117. The molecule has 3 N–H and O–H groups in total. The smallest absolute Gasteiger partial charge is 0.0745 e. The molecule has 0 spiro atoms. The molecule has 5 heteroatoms. The fourth-order valence-electron chi connectivity index (χ4n) is 2.92. The topological polar surface area (TPSA) is 62.4 Å². The fraction of sp³-hybridized carbons (Fsp3) is 0.400. The van der Waals surface area contributed by atoms with Crippen molar-refractivity contribution in [3.05, 3.63) is 28.9 Å². The summed E-state index contributed by atoms with van der Waals surface area (Å²) in [6.07, 6.45) is 3.38. The number of aliphatic hydroxyl groups excluding tert-OH is 1. The third kappa shape index (κ3) is 2.47. The van der Waals surface area contributed by atoms with Crippen molar-refractivity contribution < 1.29 is 5.11 Å². The second-order valence-electron chi connectivity index (χ2n) is 5.60. The fourth-order valence-corrected chi connectivity index (χ4v) is 3.28. The molecule has 2 aromatic rings. The number of aromatic nitrogens is 1. The summed E-state index contributed by atoms with van der Waals surface area (Å²) in [6, 6.07) is 6.03. The number of benzene rings is 1. The van der Waals surface area contributed by atoms with Gasteiger partial charge in [-0.15, -0.1) is 0 Å². The first-order chi connectivity index (χ1) is 9.54. The lowest BCUT2D eigenvalue weighted by molar-refractivity contribution is 0.0465. The van der Waals surface area contributed by atoms with Crippen LogP contribution in [0.1, 0.15) is 12.8 Å². The van der Waals surface area contributed by atoms with E-state index in [0.717, 1.165) is 40.4 Å². The highest BCUT2D eigenvalue weighted by atomic mass is 79.9. The van der Waals surface area contributed by atoms with Crippen LogP contribution in [-0.2, 0) is 0 Å². The summed E-state index contributed by atoms with van der Waals surface area (Å²) in [5, 5.41) is 10.5. The number of aliphatic hydroxyl groups is 1.